The quantitative estimate of drug-likeness (QED) is 0.190. The molecule has 2 aliphatic carbocycles. The highest BCUT2D eigenvalue weighted by Crippen LogP contribution is 2.50. The van der Waals surface area contributed by atoms with Gasteiger partial charge < -0.3 is 9.47 Å². The number of benzene rings is 5. The van der Waals surface area contributed by atoms with Gasteiger partial charge in [0.15, 0.2) is 0 Å². The molecule has 3 unspecified atom stereocenters. The molecule has 0 spiro atoms. The van der Waals surface area contributed by atoms with E-state index in [9.17, 15) is 15.8 Å². The first-order valence-electron chi connectivity index (χ1n) is 17.3. The Hall–Kier alpha value is -6.87. The van der Waals surface area contributed by atoms with Crippen LogP contribution < -0.4 is 4.90 Å². The molecule has 0 bridgehead atoms. The van der Waals surface area contributed by atoms with E-state index in [1.165, 1.54) is 22.2 Å². The topological polar surface area (TPSA) is 79.5 Å². The van der Waals surface area contributed by atoms with Crippen molar-refractivity contribution >= 4 is 28.4 Å². The average molecular weight is 654 g/mol. The van der Waals surface area contributed by atoms with Crippen molar-refractivity contribution in [2.45, 2.75) is 31.2 Å². The van der Waals surface area contributed by atoms with Gasteiger partial charge in [0.25, 0.3) is 0 Å². The summed E-state index contributed by atoms with van der Waals surface area (Å²) in [5, 5.41) is 31.0. The summed E-state index contributed by atoms with van der Waals surface area (Å²) in [6.07, 6.45) is 11.5. The van der Waals surface area contributed by atoms with E-state index in [2.05, 4.69) is 138 Å². The number of nitrogens with zero attached hydrogens (tertiary/aromatic N) is 5. The molecule has 51 heavy (non-hydrogen) atoms. The van der Waals surface area contributed by atoms with Crippen LogP contribution in [0.15, 0.2) is 139 Å². The molecule has 5 heteroatoms. The minimum absolute atomic E-state index is 0.0308. The molecule has 6 aromatic rings. The lowest BCUT2D eigenvalue weighted by Crippen LogP contribution is -2.29. The zero-order chi connectivity index (χ0) is 34.6. The highest BCUT2D eigenvalue weighted by Gasteiger charge is 2.40. The molecule has 0 fully saturated rings. The first-order chi connectivity index (χ1) is 25.1. The first kappa shape index (κ1) is 30.2. The number of fused-ring (bicyclic) bond motifs is 6. The van der Waals surface area contributed by atoms with Crippen LogP contribution in [0.5, 0.6) is 0 Å². The van der Waals surface area contributed by atoms with Crippen molar-refractivity contribution in [3.8, 4) is 46.1 Å². The summed E-state index contributed by atoms with van der Waals surface area (Å²) in [5.74, 6) is 0.327. The summed E-state index contributed by atoms with van der Waals surface area (Å²) in [6.45, 7) is 2.30. The number of anilines is 2. The van der Waals surface area contributed by atoms with E-state index in [0.29, 0.717) is 22.6 Å². The van der Waals surface area contributed by atoms with Crippen molar-refractivity contribution < 1.29 is 0 Å². The zero-order valence-electron chi connectivity index (χ0n) is 28.0. The third-order valence-electron chi connectivity index (χ3n) is 10.6. The second-order valence-corrected chi connectivity index (χ2v) is 13.5. The minimum Gasteiger partial charge on any atom is -0.332 e. The maximum Gasteiger partial charge on any atom is 0.101 e. The number of hydrogen-bond acceptors (Lipinski definition) is 4. The van der Waals surface area contributed by atoms with Gasteiger partial charge in [0, 0.05) is 45.3 Å². The van der Waals surface area contributed by atoms with Crippen LogP contribution in [-0.4, -0.2) is 10.6 Å². The molecule has 0 saturated carbocycles. The largest absolute Gasteiger partial charge is 0.332 e. The highest BCUT2D eigenvalue weighted by atomic mass is 15.2. The minimum atomic E-state index is -0.0543. The predicted molar refractivity (Wildman–Crippen MR) is 204 cm³/mol. The van der Waals surface area contributed by atoms with E-state index in [1.54, 1.807) is 0 Å². The van der Waals surface area contributed by atoms with E-state index < -0.39 is 0 Å². The summed E-state index contributed by atoms with van der Waals surface area (Å²) in [7, 11) is 0. The average Bonchev–Trinajstić information content (AvgIpc) is 3.71. The molecule has 2 heterocycles. The van der Waals surface area contributed by atoms with E-state index in [4.69, 9.17) is 0 Å². The van der Waals surface area contributed by atoms with Crippen molar-refractivity contribution in [1.29, 1.82) is 15.8 Å². The molecule has 5 aromatic carbocycles. The van der Waals surface area contributed by atoms with E-state index in [0.717, 1.165) is 51.3 Å². The molecule has 240 valence electrons. The molecule has 0 N–H and O–H groups in total. The number of aromatic nitrogens is 1. The molecule has 9 rings (SSSR count). The number of nitriles is 3. The Labute approximate surface area is 297 Å². The Kier molecular flexibility index (Phi) is 7.06. The van der Waals surface area contributed by atoms with Crippen molar-refractivity contribution in [3.05, 3.63) is 167 Å². The van der Waals surface area contributed by atoms with Crippen LogP contribution in [0, 0.1) is 34.0 Å². The fourth-order valence-corrected chi connectivity index (χ4v) is 8.40. The Balaban J connectivity index is 1.19. The maximum atomic E-state index is 10.1. The number of para-hydroxylation sites is 3. The molecule has 1 aliphatic heterocycles. The molecule has 3 aliphatic rings. The Morgan fingerprint density at radius 2 is 1.55 bits per heavy atom. The third kappa shape index (κ3) is 4.66. The van der Waals surface area contributed by atoms with Gasteiger partial charge in [-0.25, -0.2) is 0 Å². The summed E-state index contributed by atoms with van der Waals surface area (Å²) >= 11 is 0. The van der Waals surface area contributed by atoms with Crippen LogP contribution in [0.4, 0.5) is 11.4 Å². The van der Waals surface area contributed by atoms with E-state index in [-0.39, 0.29) is 12.0 Å². The summed E-state index contributed by atoms with van der Waals surface area (Å²) in [4.78, 5) is 2.22. The fourth-order valence-electron chi connectivity index (χ4n) is 8.40. The lowest BCUT2D eigenvalue weighted by atomic mass is 9.88. The maximum absolute atomic E-state index is 10.1. The molecule has 5 nitrogen and oxygen atoms in total. The normalized spacial score (nSPS) is 18.3. The smallest absolute Gasteiger partial charge is 0.101 e. The summed E-state index contributed by atoms with van der Waals surface area (Å²) < 4.78 is 2.44. The SMILES string of the molecule is CC1CC=Cc2c1n(-c1ccccc1-c1ccc(C#N)cc1-c1ccc(N3c4c(C#N)cccc4C4C=C(C#N)C=CC43)cc1)c1ccccc21. The number of allylic oxidation sites excluding steroid dienone is 3. The predicted octanol–water partition coefficient (Wildman–Crippen LogP) is 10.9. The molecule has 0 amide bonds. The van der Waals surface area contributed by atoms with Gasteiger partial charge in [-0.2, -0.15) is 15.8 Å². The Morgan fingerprint density at radius 1 is 0.725 bits per heavy atom. The molecule has 0 saturated heterocycles. The van der Waals surface area contributed by atoms with Crippen LogP contribution in [0.2, 0.25) is 0 Å². The second kappa shape index (κ2) is 11.9. The summed E-state index contributed by atoms with van der Waals surface area (Å²) in [6, 6.07) is 44.5. The monoisotopic (exact) mass is 653 g/mol. The third-order valence-corrected chi connectivity index (χ3v) is 10.6. The van der Waals surface area contributed by atoms with Gasteiger partial charge in [-0.05, 0) is 77.2 Å². The summed E-state index contributed by atoms with van der Waals surface area (Å²) in [5.41, 5.74) is 13.7. The standard InChI is InChI=1S/C46H31N5/c1-29-8-6-12-38-37-11-3-5-15-43(37)51(45(29)38)42-14-4-2-10-36(42)35-22-16-30(26-47)24-40(35)32-18-20-34(21-19-32)50-44-23-17-31(27-48)25-41(44)39-13-7-9-33(28-49)46(39)50/h2-7,9-25,29,41,44H,8H2,1H3. The van der Waals surface area contributed by atoms with Crippen LogP contribution in [0.25, 0.3) is 44.9 Å². The van der Waals surface area contributed by atoms with Crippen LogP contribution in [-0.2, 0) is 0 Å². The molecular weight excluding hydrogens is 623 g/mol. The molecule has 0 radical (unpaired) electrons. The van der Waals surface area contributed by atoms with Crippen LogP contribution >= 0.6 is 0 Å². The van der Waals surface area contributed by atoms with Crippen LogP contribution in [0.1, 0.15) is 53.1 Å². The highest BCUT2D eigenvalue weighted by molar-refractivity contribution is 5.96. The Bertz CT molecular complexity index is 2630. The molecular formula is C46H31N5. The van der Waals surface area contributed by atoms with Gasteiger partial charge in [-0.3, -0.25) is 0 Å². The second-order valence-electron chi connectivity index (χ2n) is 13.5. The van der Waals surface area contributed by atoms with Gasteiger partial charge >= 0.3 is 0 Å². The van der Waals surface area contributed by atoms with Gasteiger partial charge in [0.2, 0.25) is 0 Å². The number of rotatable bonds is 4. The zero-order valence-corrected chi connectivity index (χ0v) is 28.0. The van der Waals surface area contributed by atoms with Gasteiger partial charge in [0.1, 0.15) is 6.07 Å². The Morgan fingerprint density at radius 3 is 2.37 bits per heavy atom. The van der Waals surface area contributed by atoms with Crippen molar-refractivity contribution in [1.82, 2.24) is 4.57 Å². The first-order valence-corrected chi connectivity index (χ1v) is 17.3. The van der Waals surface area contributed by atoms with Crippen molar-refractivity contribution in [2.24, 2.45) is 0 Å². The van der Waals surface area contributed by atoms with E-state index >= 15 is 0 Å². The molecule has 1 aromatic heterocycles. The fraction of sp³-hybridized carbons (Fsp3) is 0.109. The van der Waals surface area contributed by atoms with Gasteiger partial charge in [-0.1, -0.05) is 98.0 Å². The lowest BCUT2D eigenvalue weighted by molar-refractivity contribution is 0.724. The van der Waals surface area contributed by atoms with Crippen LogP contribution in [0.3, 0.4) is 0 Å². The lowest BCUT2D eigenvalue weighted by Gasteiger charge is -2.29. The number of hydrogen-bond donors (Lipinski definition) is 0. The van der Waals surface area contributed by atoms with Gasteiger partial charge in [-0.15, -0.1) is 0 Å². The van der Waals surface area contributed by atoms with Crippen molar-refractivity contribution in [3.63, 3.8) is 0 Å². The molecule has 3 atom stereocenters. The van der Waals surface area contributed by atoms with Gasteiger partial charge in [0.05, 0.1) is 46.2 Å². The van der Waals surface area contributed by atoms with E-state index in [1.807, 2.05) is 36.4 Å². The van der Waals surface area contributed by atoms with Crippen molar-refractivity contribution in [2.75, 3.05) is 4.90 Å².